The maximum atomic E-state index is 13.0. The first kappa shape index (κ1) is 72.2. The van der Waals surface area contributed by atoms with Crippen LogP contribution in [0.4, 0.5) is 0 Å². The number of allylic oxidation sites excluding steroid dienone is 1. The lowest BCUT2D eigenvalue weighted by Crippen LogP contribution is -2.45. The van der Waals surface area contributed by atoms with Crippen LogP contribution in [0.3, 0.4) is 0 Å². The van der Waals surface area contributed by atoms with E-state index in [0.29, 0.717) is 17.4 Å². The number of unbranched alkanes of at least 4 members (excludes halogenated alkanes) is 48. The standard InChI is InChI=1S/C64H129N2O6P/c1-6-8-10-12-14-16-18-20-22-24-26-28-30-32-34-35-37-39-41-43-45-47-49-51-53-55-57-63(67)62(61-72-73(69,70)71-60-59-66(3,4)5)65-64(68)58-56-54-52-50-48-46-44-42-40-38-36-33-31-29-27-25-23-21-19-17-15-13-11-9-7-2/h55,57,62-63,67H,6-54,56,58-61H2,1-5H3,(H-,65,68,69,70)/p+1/b57-55+. The number of quaternary nitrogens is 1. The molecule has 436 valence electrons. The summed E-state index contributed by atoms with van der Waals surface area (Å²) in [7, 11) is 1.59. The topological polar surface area (TPSA) is 105 Å². The van der Waals surface area contributed by atoms with Crippen LogP contribution in [-0.4, -0.2) is 73.4 Å². The number of nitrogens with one attached hydrogen (secondary N) is 1. The van der Waals surface area contributed by atoms with Gasteiger partial charge in [-0.3, -0.25) is 13.8 Å². The predicted molar refractivity (Wildman–Crippen MR) is 319 cm³/mol. The number of carbonyl (C=O) groups is 1. The first-order valence-electron chi connectivity index (χ1n) is 32.6. The third-order valence-corrected chi connectivity index (χ3v) is 16.2. The Morgan fingerprint density at radius 2 is 0.726 bits per heavy atom. The van der Waals surface area contributed by atoms with Crippen LogP contribution in [0.25, 0.3) is 0 Å². The van der Waals surface area contributed by atoms with Gasteiger partial charge < -0.3 is 19.8 Å². The van der Waals surface area contributed by atoms with Gasteiger partial charge >= 0.3 is 7.82 Å². The van der Waals surface area contributed by atoms with Crippen molar-refractivity contribution in [2.75, 3.05) is 40.9 Å². The van der Waals surface area contributed by atoms with E-state index in [0.717, 1.165) is 32.1 Å². The van der Waals surface area contributed by atoms with Crippen molar-refractivity contribution in [1.29, 1.82) is 0 Å². The Morgan fingerprint density at radius 3 is 1.01 bits per heavy atom. The van der Waals surface area contributed by atoms with E-state index in [1.54, 1.807) is 6.08 Å². The number of aliphatic hydroxyl groups excluding tert-OH is 1. The van der Waals surface area contributed by atoms with Crippen LogP contribution in [0, 0.1) is 0 Å². The van der Waals surface area contributed by atoms with Crippen LogP contribution in [0.15, 0.2) is 12.2 Å². The summed E-state index contributed by atoms with van der Waals surface area (Å²) in [6.45, 7) is 4.88. The zero-order valence-corrected chi connectivity index (χ0v) is 50.8. The third kappa shape index (κ3) is 58.8. The average Bonchev–Trinajstić information content (AvgIpc) is 3.35. The lowest BCUT2D eigenvalue weighted by molar-refractivity contribution is -0.870. The SMILES string of the molecule is CCCCCCCCCCCCCCCCCCCCCCCCCC/C=C/C(O)C(COP(=O)(O)OCC[N+](C)(C)C)NC(=O)CCCCCCCCCCCCCCCCCCCCCCCCCCC. The van der Waals surface area contributed by atoms with Gasteiger partial charge in [-0.25, -0.2) is 4.57 Å². The smallest absolute Gasteiger partial charge is 0.387 e. The maximum Gasteiger partial charge on any atom is 0.472 e. The van der Waals surface area contributed by atoms with E-state index in [1.807, 2.05) is 27.2 Å². The first-order chi connectivity index (χ1) is 35.5. The molecule has 0 aromatic rings. The summed E-state index contributed by atoms with van der Waals surface area (Å²) in [5, 5.41) is 14.0. The van der Waals surface area contributed by atoms with Gasteiger partial charge in [0.2, 0.25) is 5.91 Å². The highest BCUT2D eigenvalue weighted by Crippen LogP contribution is 2.43. The third-order valence-electron chi connectivity index (χ3n) is 15.3. The average molecular weight is 1050 g/mol. The maximum absolute atomic E-state index is 13.0. The Balaban J connectivity index is 4.09. The molecule has 0 aromatic carbocycles. The molecule has 73 heavy (non-hydrogen) atoms. The van der Waals surface area contributed by atoms with E-state index < -0.39 is 20.0 Å². The van der Waals surface area contributed by atoms with Gasteiger partial charge in [0.1, 0.15) is 13.2 Å². The second kappa shape index (κ2) is 56.0. The Hall–Kier alpha value is -0.760. The molecule has 0 saturated carbocycles. The van der Waals surface area contributed by atoms with Crippen molar-refractivity contribution in [3.63, 3.8) is 0 Å². The molecule has 3 atom stereocenters. The van der Waals surface area contributed by atoms with Crippen molar-refractivity contribution in [2.24, 2.45) is 0 Å². The summed E-state index contributed by atoms with van der Waals surface area (Å²) < 4.78 is 23.8. The first-order valence-corrected chi connectivity index (χ1v) is 34.1. The quantitative estimate of drug-likeness (QED) is 0.0243. The molecule has 8 nitrogen and oxygen atoms in total. The Bertz CT molecular complexity index is 1200. The molecule has 0 aliphatic rings. The Kier molecular flexibility index (Phi) is 55.4. The highest BCUT2D eigenvalue weighted by molar-refractivity contribution is 7.47. The minimum absolute atomic E-state index is 0.0654. The number of aliphatic hydroxyl groups is 1. The van der Waals surface area contributed by atoms with Gasteiger partial charge in [0.15, 0.2) is 0 Å². The normalized spacial score (nSPS) is 13.8. The van der Waals surface area contributed by atoms with E-state index >= 15 is 0 Å². The zero-order chi connectivity index (χ0) is 53.5. The summed E-state index contributed by atoms with van der Waals surface area (Å²) >= 11 is 0. The summed E-state index contributed by atoms with van der Waals surface area (Å²) in [6.07, 6.45) is 70.5. The number of hydrogen-bond donors (Lipinski definition) is 3. The molecule has 3 N–H and O–H groups in total. The minimum atomic E-state index is -4.35. The van der Waals surface area contributed by atoms with Crippen molar-refractivity contribution in [3.8, 4) is 0 Å². The van der Waals surface area contributed by atoms with Crippen molar-refractivity contribution in [3.05, 3.63) is 12.2 Å². The van der Waals surface area contributed by atoms with E-state index in [-0.39, 0.29) is 19.1 Å². The molecular weight excluding hydrogens is 924 g/mol. The second-order valence-electron chi connectivity index (χ2n) is 23.9. The number of nitrogens with zero attached hydrogens (tertiary/aromatic N) is 1. The van der Waals surface area contributed by atoms with E-state index in [4.69, 9.17) is 9.05 Å². The van der Waals surface area contributed by atoms with Crippen LogP contribution in [0.5, 0.6) is 0 Å². The zero-order valence-electron chi connectivity index (χ0n) is 49.9. The molecule has 0 rings (SSSR count). The van der Waals surface area contributed by atoms with Crippen molar-refractivity contribution < 1.29 is 32.9 Å². The molecule has 0 bridgehead atoms. The Morgan fingerprint density at radius 1 is 0.452 bits per heavy atom. The van der Waals surface area contributed by atoms with Gasteiger partial charge in [0, 0.05) is 6.42 Å². The Labute approximate surface area is 456 Å². The lowest BCUT2D eigenvalue weighted by Gasteiger charge is -2.25. The molecule has 0 aromatic heterocycles. The fourth-order valence-electron chi connectivity index (χ4n) is 10.2. The van der Waals surface area contributed by atoms with Gasteiger partial charge in [0.05, 0.1) is 39.9 Å². The minimum Gasteiger partial charge on any atom is -0.387 e. The van der Waals surface area contributed by atoms with Crippen LogP contribution in [0.2, 0.25) is 0 Å². The van der Waals surface area contributed by atoms with Crippen LogP contribution < -0.4 is 5.32 Å². The van der Waals surface area contributed by atoms with Gasteiger partial charge in [-0.2, -0.15) is 0 Å². The predicted octanol–water partition coefficient (Wildman–Crippen LogP) is 20.2. The molecule has 0 fully saturated rings. The summed E-state index contributed by atoms with van der Waals surface area (Å²) in [5.41, 5.74) is 0. The lowest BCUT2D eigenvalue weighted by atomic mass is 10.0. The van der Waals surface area contributed by atoms with E-state index in [9.17, 15) is 19.4 Å². The second-order valence-corrected chi connectivity index (χ2v) is 25.3. The molecule has 0 saturated heterocycles. The monoisotopic (exact) mass is 1050 g/mol. The number of phosphoric ester groups is 1. The number of amides is 1. The molecule has 0 radical (unpaired) electrons. The van der Waals surface area contributed by atoms with Crippen LogP contribution >= 0.6 is 7.82 Å². The van der Waals surface area contributed by atoms with Gasteiger partial charge in [-0.05, 0) is 19.3 Å². The van der Waals surface area contributed by atoms with E-state index in [1.165, 1.54) is 289 Å². The largest absolute Gasteiger partial charge is 0.472 e. The number of hydrogen-bond acceptors (Lipinski definition) is 5. The fraction of sp³-hybridized carbons (Fsp3) is 0.953. The van der Waals surface area contributed by atoms with Crippen molar-refractivity contribution >= 4 is 13.7 Å². The van der Waals surface area contributed by atoms with Crippen LogP contribution in [-0.2, 0) is 18.4 Å². The van der Waals surface area contributed by atoms with Gasteiger partial charge in [-0.1, -0.05) is 328 Å². The summed E-state index contributed by atoms with van der Waals surface area (Å²) in [5.74, 6) is -0.168. The summed E-state index contributed by atoms with van der Waals surface area (Å²) in [6, 6.07) is -0.843. The molecule has 0 spiro atoms. The number of rotatable bonds is 61. The summed E-state index contributed by atoms with van der Waals surface area (Å²) in [4.78, 5) is 23.4. The highest BCUT2D eigenvalue weighted by atomic mass is 31.2. The number of carbonyl (C=O) groups excluding carboxylic acids is 1. The van der Waals surface area contributed by atoms with Crippen molar-refractivity contribution in [1.82, 2.24) is 5.32 Å². The molecular formula is C64H130N2O6P+. The molecule has 0 aliphatic carbocycles. The molecule has 0 heterocycles. The van der Waals surface area contributed by atoms with Gasteiger partial charge in [0.25, 0.3) is 0 Å². The number of phosphoric acid groups is 1. The highest BCUT2D eigenvalue weighted by Gasteiger charge is 2.28. The molecule has 3 unspecified atom stereocenters. The van der Waals surface area contributed by atoms with E-state index in [2.05, 4.69) is 19.2 Å². The van der Waals surface area contributed by atoms with Crippen LogP contribution in [0.1, 0.15) is 341 Å². The molecule has 9 heteroatoms. The van der Waals surface area contributed by atoms with Crippen molar-refractivity contribution in [2.45, 2.75) is 353 Å². The molecule has 1 amide bonds. The fourth-order valence-corrected chi connectivity index (χ4v) is 10.9. The molecule has 0 aliphatic heterocycles. The van der Waals surface area contributed by atoms with Gasteiger partial charge in [-0.15, -0.1) is 0 Å². The number of likely N-dealkylation sites (N-methyl/N-ethyl adjacent to an activating group) is 1.